The van der Waals surface area contributed by atoms with E-state index in [2.05, 4.69) is 0 Å². The fraction of sp³-hybridized carbons (Fsp3) is 0.556. The molecule has 14 nitrogen and oxygen atoms in total. The third-order valence-electron chi connectivity index (χ3n) is 7.35. The molecule has 226 valence electrons. The highest BCUT2D eigenvalue weighted by Gasteiger charge is 2.52. The van der Waals surface area contributed by atoms with E-state index < -0.39 is 73.5 Å². The lowest BCUT2D eigenvalue weighted by molar-refractivity contribution is -0.340. The molecule has 6 N–H and O–H groups in total. The van der Waals surface area contributed by atoms with Crippen LogP contribution < -0.4 is 4.74 Å². The van der Waals surface area contributed by atoms with Gasteiger partial charge in [0.15, 0.2) is 17.8 Å². The molecule has 1 fully saturated rings. The molecule has 0 spiro atoms. The minimum atomic E-state index is -1.73. The number of benzene rings is 1. The zero-order valence-electron chi connectivity index (χ0n) is 22.4. The molecule has 0 radical (unpaired) electrons. The Bertz CT molecular complexity index is 1160. The predicted octanol–water partition coefficient (Wildman–Crippen LogP) is -1.36. The van der Waals surface area contributed by atoms with Gasteiger partial charge >= 0.3 is 11.9 Å². The Morgan fingerprint density at radius 2 is 1.76 bits per heavy atom. The van der Waals surface area contributed by atoms with Gasteiger partial charge in [0.25, 0.3) is 0 Å². The molecule has 9 atom stereocenters. The van der Waals surface area contributed by atoms with E-state index in [1.807, 2.05) is 0 Å². The standard InChI is InChI=1S/C27H34O14/c1-36-17-7-12(3-5-15(17)29)4-6-19(31)38-10-13-8-16(30)21-14(25(35)37-2)11-39-26(20(13)21)41-27-24(34)23(33)22(32)18(9-28)40-27/h3,5,7-8,11,16,18,20-24,26-30,32-34H,4,6,9-10H2,1-2H3. The third kappa shape index (κ3) is 6.48. The second kappa shape index (κ2) is 13.2. The van der Waals surface area contributed by atoms with Crippen molar-refractivity contribution in [3.63, 3.8) is 0 Å². The van der Waals surface area contributed by atoms with Crippen LogP contribution in [-0.2, 0) is 39.7 Å². The summed E-state index contributed by atoms with van der Waals surface area (Å²) in [5, 5.41) is 60.7. The lowest BCUT2D eigenvalue weighted by Gasteiger charge is -2.43. The summed E-state index contributed by atoms with van der Waals surface area (Å²) in [6.45, 7) is -0.964. The van der Waals surface area contributed by atoms with Gasteiger partial charge in [-0.05, 0) is 29.7 Å². The number of ether oxygens (including phenoxy) is 6. The summed E-state index contributed by atoms with van der Waals surface area (Å²) in [4.78, 5) is 25.0. The highest BCUT2D eigenvalue weighted by atomic mass is 16.8. The zero-order valence-corrected chi connectivity index (χ0v) is 22.4. The Labute approximate surface area is 234 Å². The average molecular weight is 583 g/mol. The van der Waals surface area contributed by atoms with Crippen LogP contribution in [0.5, 0.6) is 11.5 Å². The van der Waals surface area contributed by atoms with Gasteiger partial charge in [-0.15, -0.1) is 0 Å². The van der Waals surface area contributed by atoms with E-state index in [9.17, 15) is 40.2 Å². The number of phenolic OH excluding ortho intramolecular Hbond substituents is 1. The Balaban J connectivity index is 1.47. The molecule has 3 aliphatic rings. The molecule has 1 aliphatic carbocycles. The van der Waals surface area contributed by atoms with Crippen LogP contribution in [0.15, 0.2) is 41.7 Å². The first kappa shape index (κ1) is 30.7. The molecular weight excluding hydrogens is 548 g/mol. The van der Waals surface area contributed by atoms with Crippen LogP contribution in [0.1, 0.15) is 12.0 Å². The molecule has 0 saturated carbocycles. The Hall–Kier alpha value is -3.24. The lowest BCUT2D eigenvalue weighted by atomic mass is 9.82. The fourth-order valence-corrected chi connectivity index (χ4v) is 5.14. The van der Waals surface area contributed by atoms with Crippen molar-refractivity contribution >= 4 is 11.9 Å². The fourth-order valence-electron chi connectivity index (χ4n) is 5.14. The Morgan fingerprint density at radius 1 is 1.00 bits per heavy atom. The number of esters is 2. The minimum absolute atomic E-state index is 0.00231. The van der Waals surface area contributed by atoms with Gasteiger partial charge in [-0.1, -0.05) is 12.1 Å². The molecule has 1 aromatic carbocycles. The zero-order chi connectivity index (χ0) is 29.8. The van der Waals surface area contributed by atoms with E-state index in [4.69, 9.17) is 28.4 Å². The van der Waals surface area contributed by atoms with Crippen LogP contribution in [0, 0.1) is 11.8 Å². The molecule has 2 heterocycles. The molecule has 9 unspecified atom stereocenters. The topological polar surface area (TPSA) is 211 Å². The molecule has 4 rings (SSSR count). The summed E-state index contributed by atoms with van der Waals surface area (Å²) >= 11 is 0. The van der Waals surface area contributed by atoms with E-state index in [-0.39, 0.29) is 30.1 Å². The smallest absolute Gasteiger partial charge is 0.337 e. The van der Waals surface area contributed by atoms with Gasteiger partial charge < -0.3 is 59.1 Å². The first-order valence-corrected chi connectivity index (χ1v) is 12.9. The molecule has 14 heteroatoms. The van der Waals surface area contributed by atoms with E-state index in [0.717, 1.165) is 18.9 Å². The maximum atomic E-state index is 12.6. The monoisotopic (exact) mass is 582 g/mol. The molecule has 2 aliphatic heterocycles. The van der Waals surface area contributed by atoms with Crippen LogP contribution in [-0.4, -0.2) is 113 Å². The quantitative estimate of drug-likeness (QED) is 0.139. The summed E-state index contributed by atoms with van der Waals surface area (Å²) in [6, 6.07) is 4.70. The van der Waals surface area contributed by atoms with Crippen molar-refractivity contribution in [1.29, 1.82) is 0 Å². The highest BCUT2D eigenvalue weighted by Crippen LogP contribution is 2.45. The summed E-state index contributed by atoms with van der Waals surface area (Å²) in [6.07, 6.45) is -7.60. The van der Waals surface area contributed by atoms with Crippen molar-refractivity contribution in [2.24, 2.45) is 11.8 Å². The number of phenols is 1. The molecular formula is C27H34O14. The minimum Gasteiger partial charge on any atom is -0.504 e. The van der Waals surface area contributed by atoms with Crippen LogP contribution in [0.25, 0.3) is 0 Å². The number of rotatable bonds is 10. The molecule has 0 amide bonds. The maximum Gasteiger partial charge on any atom is 0.337 e. The van der Waals surface area contributed by atoms with Crippen molar-refractivity contribution in [2.45, 2.75) is 55.9 Å². The summed E-state index contributed by atoms with van der Waals surface area (Å²) in [5.74, 6) is -2.93. The number of aromatic hydroxyl groups is 1. The van der Waals surface area contributed by atoms with Crippen molar-refractivity contribution in [1.82, 2.24) is 0 Å². The first-order valence-electron chi connectivity index (χ1n) is 12.9. The van der Waals surface area contributed by atoms with Gasteiger partial charge in [0.2, 0.25) is 6.29 Å². The second-order valence-corrected chi connectivity index (χ2v) is 9.85. The number of hydrogen-bond donors (Lipinski definition) is 6. The highest BCUT2D eigenvalue weighted by molar-refractivity contribution is 5.89. The average Bonchev–Trinajstić information content (AvgIpc) is 3.31. The molecule has 41 heavy (non-hydrogen) atoms. The summed E-state index contributed by atoms with van der Waals surface area (Å²) < 4.78 is 32.2. The Morgan fingerprint density at radius 3 is 2.44 bits per heavy atom. The van der Waals surface area contributed by atoms with Gasteiger partial charge in [0.05, 0.1) is 44.7 Å². The van der Waals surface area contributed by atoms with Gasteiger partial charge in [0.1, 0.15) is 31.0 Å². The number of carbonyl (C=O) groups excluding carboxylic acids is 2. The number of aliphatic hydroxyl groups excluding tert-OH is 5. The van der Waals surface area contributed by atoms with Gasteiger partial charge in [0, 0.05) is 12.3 Å². The number of aryl methyl sites for hydroxylation is 1. The predicted molar refractivity (Wildman–Crippen MR) is 135 cm³/mol. The van der Waals surface area contributed by atoms with Gasteiger partial charge in [-0.2, -0.15) is 0 Å². The van der Waals surface area contributed by atoms with E-state index in [1.54, 1.807) is 12.1 Å². The molecule has 1 aromatic rings. The van der Waals surface area contributed by atoms with Gasteiger partial charge in [-0.3, -0.25) is 4.79 Å². The lowest BCUT2D eigenvalue weighted by Crippen LogP contribution is -2.60. The molecule has 1 saturated heterocycles. The SMILES string of the molecule is COC(=O)C1=COC(OC2OC(CO)C(O)C(O)C2O)C2C(COC(=O)CCc3ccc(O)c(OC)c3)=CC(O)C12. The van der Waals surface area contributed by atoms with Crippen LogP contribution in [0.4, 0.5) is 0 Å². The normalized spacial score (nSPS) is 32.7. The van der Waals surface area contributed by atoms with Gasteiger partial charge in [-0.25, -0.2) is 4.79 Å². The van der Waals surface area contributed by atoms with Crippen LogP contribution >= 0.6 is 0 Å². The largest absolute Gasteiger partial charge is 0.504 e. The van der Waals surface area contributed by atoms with Crippen molar-refractivity contribution in [3.8, 4) is 11.5 Å². The van der Waals surface area contributed by atoms with E-state index in [1.165, 1.54) is 19.3 Å². The van der Waals surface area contributed by atoms with Crippen LogP contribution in [0.2, 0.25) is 0 Å². The number of aliphatic hydroxyl groups is 5. The number of methoxy groups -OCH3 is 2. The second-order valence-electron chi connectivity index (χ2n) is 9.85. The molecule has 0 bridgehead atoms. The van der Waals surface area contributed by atoms with E-state index >= 15 is 0 Å². The van der Waals surface area contributed by atoms with Crippen molar-refractivity contribution in [3.05, 3.63) is 47.2 Å². The summed E-state index contributed by atoms with van der Waals surface area (Å²) in [7, 11) is 2.57. The number of fused-ring (bicyclic) bond motifs is 1. The first-order chi connectivity index (χ1) is 19.6. The summed E-state index contributed by atoms with van der Waals surface area (Å²) in [5.41, 5.74) is 1.08. The Kier molecular flexibility index (Phi) is 9.86. The van der Waals surface area contributed by atoms with Crippen molar-refractivity contribution < 1.29 is 68.6 Å². The van der Waals surface area contributed by atoms with E-state index in [0.29, 0.717) is 12.0 Å². The van der Waals surface area contributed by atoms with Crippen LogP contribution in [0.3, 0.4) is 0 Å². The van der Waals surface area contributed by atoms with Crippen molar-refractivity contribution in [2.75, 3.05) is 27.4 Å². The third-order valence-corrected chi connectivity index (χ3v) is 7.35. The molecule has 0 aromatic heterocycles. The number of hydrogen-bond acceptors (Lipinski definition) is 14. The number of carbonyl (C=O) groups is 2. The maximum absolute atomic E-state index is 12.6.